The van der Waals surface area contributed by atoms with Gasteiger partial charge in [-0.25, -0.2) is 4.98 Å². The zero-order valence-electron chi connectivity index (χ0n) is 12.1. The molecule has 0 aliphatic carbocycles. The van der Waals surface area contributed by atoms with Crippen LogP contribution in [0.25, 0.3) is 22.4 Å². The van der Waals surface area contributed by atoms with E-state index < -0.39 is 0 Å². The standard InChI is InChI=1S/C17H19N3/c1-11(2)20-16-9-8-12(3)10-15(16)19-17(20)13-6-4-5-7-14(13)18/h4-11H,18H2,1-3H3. The first-order chi connectivity index (χ1) is 9.58. The molecule has 102 valence electrons. The minimum absolute atomic E-state index is 0.331. The van der Waals surface area contributed by atoms with Crippen LogP contribution in [-0.4, -0.2) is 9.55 Å². The summed E-state index contributed by atoms with van der Waals surface area (Å²) in [6.07, 6.45) is 0. The number of aryl methyl sites for hydroxylation is 1. The Kier molecular flexibility index (Phi) is 2.97. The fourth-order valence-electron chi connectivity index (χ4n) is 2.62. The van der Waals surface area contributed by atoms with Crippen molar-refractivity contribution in [3.63, 3.8) is 0 Å². The molecule has 1 heterocycles. The van der Waals surface area contributed by atoms with Crippen molar-refractivity contribution in [3.05, 3.63) is 48.0 Å². The molecule has 20 heavy (non-hydrogen) atoms. The normalized spacial score (nSPS) is 11.4. The third-order valence-corrected chi connectivity index (χ3v) is 3.56. The Hall–Kier alpha value is -2.29. The maximum atomic E-state index is 6.12. The zero-order chi connectivity index (χ0) is 14.3. The lowest BCUT2D eigenvalue weighted by atomic mass is 10.1. The number of hydrogen-bond acceptors (Lipinski definition) is 2. The van der Waals surface area contributed by atoms with Gasteiger partial charge >= 0.3 is 0 Å². The Bertz CT molecular complexity index is 769. The Morgan fingerprint density at radius 3 is 2.55 bits per heavy atom. The van der Waals surface area contributed by atoms with E-state index in [1.165, 1.54) is 5.56 Å². The van der Waals surface area contributed by atoms with Gasteiger partial charge in [0.05, 0.1) is 11.0 Å². The quantitative estimate of drug-likeness (QED) is 0.706. The minimum atomic E-state index is 0.331. The summed E-state index contributed by atoms with van der Waals surface area (Å²) in [6, 6.07) is 14.6. The first-order valence-electron chi connectivity index (χ1n) is 6.91. The van der Waals surface area contributed by atoms with Crippen LogP contribution in [0, 0.1) is 6.92 Å². The predicted octanol–water partition coefficient (Wildman–Crippen LogP) is 4.17. The molecule has 3 rings (SSSR count). The van der Waals surface area contributed by atoms with Crippen molar-refractivity contribution in [2.75, 3.05) is 5.73 Å². The van der Waals surface area contributed by atoms with Crippen LogP contribution in [0.1, 0.15) is 25.5 Å². The van der Waals surface area contributed by atoms with Crippen LogP contribution in [0.2, 0.25) is 0 Å². The molecular formula is C17H19N3. The lowest BCUT2D eigenvalue weighted by molar-refractivity contribution is 0.624. The molecule has 2 aromatic carbocycles. The molecule has 3 nitrogen and oxygen atoms in total. The summed E-state index contributed by atoms with van der Waals surface area (Å²) in [7, 11) is 0. The summed E-state index contributed by atoms with van der Waals surface area (Å²) >= 11 is 0. The molecule has 3 aromatic rings. The van der Waals surface area contributed by atoms with E-state index in [2.05, 4.69) is 43.5 Å². The van der Waals surface area contributed by atoms with Crippen molar-refractivity contribution in [2.24, 2.45) is 0 Å². The maximum absolute atomic E-state index is 6.12. The van der Waals surface area contributed by atoms with Crippen molar-refractivity contribution in [3.8, 4) is 11.4 Å². The van der Waals surface area contributed by atoms with Crippen LogP contribution < -0.4 is 5.73 Å². The van der Waals surface area contributed by atoms with Gasteiger partial charge in [0.25, 0.3) is 0 Å². The number of imidazole rings is 1. The minimum Gasteiger partial charge on any atom is -0.398 e. The van der Waals surface area contributed by atoms with Crippen LogP contribution >= 0.6 is 0 Å². The van der Waals surface area contributed by atoms with Crippen LogP contribution in [0.4, 0.5) is 5.69 Å². The van der Waals surface area contributed by atoms with Crippen molar-refractivity contribution in [2.45, 2.75) is 26.8 Å². The molecule has 0 atom stereocenters. The van der Waals surface area contributed by atoms with E-state index in [9.17, 15) is 0 Å². The number of aromatic nitrogens is 2. The molecule has 1 aromatic heterocycles. The molecule has 0 saturated heterocycles. The van der Waals surface area contributed by atoms with E-state index in [0.29, 0.717) is 6.04 Å². The average molecular weight is 265 g/mol. The monoisotopic (exact) mass is 265 g/mol. The van der Waals surface area contributed by atoms with Gasteiger partial charge in [-0.15, -0.1) is 0 Å². The molecule has 2 N–H and O–H groups in total. The average Bonchev–Trinajstić information content (AvgIpc) is 2.77. The first kappa shape index (κ1) is 12.7. The molecule has 0 radical (unpaired) electrons. The Morgan fingerprint density at radius 2 is 1.85 bits per heavy atom. The van der Waals surface area contributed by atoms with Crippen LogP contribution in [0.15, 0.2) is 42.5 Å². The highest BCUT2D eigenvalue weighted by atomic mass is 15.1. The number of nitrogens with zero attached hydrogens (tertiary/aromatic N) is 2. The third kappa shape index (κ3) is 1.95. The number of fused-ring (bicyclic) bond motifs is 1. The number of hydrogen-bond donors (Lipinski definition) is 1. The molecule has 0 aliphatic heterocycles. The SMILES string of the molecule is Cc1ccc2c(c1)nc(-c1ccccc1N)n2C(C)C. The van der Waals surface area contributed by atoms with Gasteiger partial charge in [0, 0.05) is 17.3 Å². The van der Waals surface area contributed by atoms with E-state index in [1.807, 2.05) is 24.3 Å². The van der Waals surface area contributed by atoms with Crippen molar-refractivity contribution in [1.29, 1.82) is 0 Å². The number of rotatable bonds is 2. The van der Waals surface area contributed by atoms with Gasteiger partial charge in [-0.2, -0.15) is 0 Å². The largest absolute Gasteiger partial charge is 0.398 e. The van der Waals surface area contributed by atoms with E-state index in [4.69, 9.17) is 10.7 Å². The van der Waals surface area contributed by atoms with Gasteiger partial charge < -0.3 is 10.3 Å². The van der Waals surface area contributed by atoms with Gasteiger partial charge in [0.1, 0.15) is 5.82 Å². The summed E-state index contributed by atoms with van der Waals surface area (Å²) in [6.45, 7) is 6.43. The first-order valence-corrected chi connectivity index (χ1v) is 6.91. The fourth-order valence-corrected chi connectivity index (χ4v) is 2.62. The number of nitrogen functional groups attached to an aromatic ring is 1. The lowest BCUT2D eigenvalue weighted by Crippen LogP contribution is -2.04. The molecule has 0 saturated carbocycles. The van der Waals surface area contributed by atoms with Crippen molar-refractivity contribution in [1.82, 2.24) is 9.55 Å². The Morgan fingerprint density at radius 1 is 1.10 bits per heavy atom. The summed E-state index contributed by atoms with van der Waals surface area (Å²) in [4.78, 5) is 4.81. The molecule has 0 bridgehead atoms. The highest BCUT2D eigenvalue weighted by molar-refractivity contribution is 5.84. The summed E-state index contributed by atoms with van der Waals surface area (Å²) < 4.78 is 2.25. The van der Waals surface area contributed by atoms with Crippen molar-refractivity contribution < 1.29 is 0 Å². The Labute approximate surface area is 119 Å². The second-order valence-electron chi connectivity index (χ2n) is 5.48. The highest BCUT2D eigenvalue weighted by Gasteiger charge is 2.16. The van der Waals surface area contributed by atoms with E-state index in [-0.39, 0.29) is 0 Å². The van der Waals surface area contributed by atoms with Gasteiger partial charge in [-0.1, -0.05) is 18.2 Å². The van der Waals surface area contributed by atoms with Crippen LogP contribution in [0.5, 0.6) is 0 Å². The van der Waals surface area contributed by atoms with Gasteiger partial charge in [0.15, 0.2) is 0 Å². The Balaban J connectivity index is 2.35. The highest BCUT2D eigenvalue weighted by Crippen LogP contribution is 2.31. The maximum Gasteiger partial charge on any atom is 0.143 e. The fraction of sp³-hybridized carbons (Fsp3) is 0.235. The molecule has 0 aliphatic rings. The third-order valence-electron chi connectivity index (χ3n) is 3.56. The van der Waals surface area contributed by atoms with Gasteiger partial charge in [-0.05, 0) is 50.6 Å². The second-order valence-corrected chi connectivity index (χ2v) is 5.48. The van der Waals surface area contributed by atoms with E-state index >= 15 is 0 Å². The number of benzene rings is 2. The zero-order valence-corrected chi connectivity index (χ0v) is 12.1. The summed E-state index contributed by atoms with van der Waals surface area (Å²) in [5.41, 5.74) is 11.3. The lowest BCUT2D eigenvalue weighted by Gasteiger charge is -2.14. The molecule has 0 amide bonds. The number of para-hydroxylation sites is 1. The van der Waals surface area contributed by atoms with Gasteiger partial charge in [-0.3, -0.25) is 0 Å². The van der Waals surface area contributed by atoms with Crippen LogP contribution in [-0.2, 0) is 0 Å². The molecule has 0 spiro atoms. The molecule has 0 unspecified atom stereocenters. The smallest absolute Gasteiger partial charge is 0.143 e. The van der Waals surface area contributed by atoms with Crippen molar-refractivity contribution >= 4 is 16.7 Å². The summed E-state index contributed by atoms with van der Waals surface area (Å²) in [5.74, 6) is 0.943. The molecule has 0 fully saturated rings. The number of anilines is 1. The van der Waals surface area contributed by atoms with E-state index in [1.54, 1.807) is 0 Å². The number of nitrogens with two attached hydrogens (primary N) is 1. The molecule has 3 heteroatoms. The van der Waals surface area contributed by atoms with Gasteiger partial charge in [0.2, 0.25) is 0 Å². The van der Waals surface area contributed by atoms with E-state index in [0.717, 1.165) is 28.1 Å². The summed E-state index contributed by atoms with van der Waals surface area (Å²) in [5, 5.41) is 0. The topological polar surface area (TPSA) is 43.8 Å². The predicted molar refractivity (Wildman–Crippen MR) is 84.7 cm³/mol. The second kappa shape index (κ2) is 4.67. The molecular weight excluding hydrogens is 246 g/mol. The van der Waals surface area contributed by atoms with Crippen LogP contribution in [0.3, 0.4) is 0 Å².